The van der Waals surface area contributed by atoms with Crippen LogP contribution in [0.1, 0.15) is 28.4 Å². The highest BCUT2D eigenvalue weighted by molar-refractivity contribution is 6.04. The van der Waals surface area contributed by atoms with Gasteiger partial charge in [-0.1, -0.05) is 30.3 Å². The van der Waals surface area contributed by atoms with E-state index < -0.39 is 5.97 Å². The Morgan fingerprint density at radius 3 is 2.45 bits per heavy atom. The average molecular weight is 419 g/mol. The first-order valence-electron chi connectivity index (χ1n) is 9.77. The molecule has 0 saturated heterocycles. The van der Waals surface area contributed by atoms with Crippen LogP contribution in [0.25, 0.3) is 6.08 Å². The molecule has 0 atom stereocenters. The van der Waals surface area contributed by atoms with Gasteiger partial charge in [-0.05, 0) is 66.6 Å². The second kappa shape index (κ2) is 10.7. The Labute approximate surface area is 180 Å². The maximum absolute atomic E-state index is 13.0. The van der Waals surface area contributed by atoms with Gasteiger partial charge in [-0.15, -0.1) is 0 Å². The molecule has 0 fully saturated rings. The van der Waals surface area contributed by atoms with E-state index in [4.69, 9.17) is 9.47 Å². The minimum atomic E-state index is -0.401. The Hall–Kier alpha value is -3.93. The smallest absolute Gasteiger partial charge is 0.330 e. The molecule has 0 aromatic heterocycles. The van der Waals surface area contributed by atoms with Gasteiger partial charge in [-0.25, -0.2) is 9.18 Å². The van der Waals surface area contributed by atoms with Crippen LogP contribution in [-0.2, 0) is 16.1 Å². The molecule has 0 radical (unpaired) electrons. The number of hydrogen-bond donors (Lipinski definition) is 1. The summed E-state index contributed by atoms with van der Waals surface area (Å²) in [5.41, 5.74) is 2.70. The lowest BCUT2D eigenvalue weighted by Gasteiger charge is -2.09. The van der Waals surface area contributed by atoms with Gasteiger partial charge < -0.3 is 14.8 Å². The van der Waals surface area contributed by atoms with Crippen LogP contribution in [0.5, 0.6) is 5.75 Å². The first kappa shape index (κ1) is 21.8. The first-order valence-corrected chi connectivity index (χ1v) is 9.77. The quantitative estimate of drug-likeness (QED) is 0.401. The molecule has 0 spiro atoms. The van der Waals surface area contributed by atoms with Gasteiger partial charge in [0.1, 0.15) is 18.2 Å². The van der Waals surface area contributed by atoms with Crippen molar-refractivity contribution >= 4 is 23.6 Å². The fourth-order valence-corrected chi connectivity index (χ4v) is 2.71. The molecule has 1 amide bonds. The van der Waals surface area contributed by atoms with Gasteiger partial charge in [-0.2, -0.15) is 0 Å². The molecule has 158 valence electrons. The number of rotatable bonds is 8. The second-order valence-electron chi connectivity index (χ2n) is 6.60. The van der Waals surface area contributed by atoms with Crippen LogP contribution in [0.4, 0.5) is 10.1 Å². The van der Waals surface area contributed by atoms with Gasteiger partial charge in [0, 0.05) is 17.3 Å². The zero-order valence-electron chi connectivity index (χ0n) is 17.0. The number of esters is 1. The molecular formula is C25H22FNO4. The fraction of sp³-hybridized carbons (Fsp3) is 0.120. The molecule has 0 saturated carbocycles. The lowest BCUT2D eigenvalue weighted by atomic mass is 10.1. The molecule has 0 heterocycles. The average Bonchev–Trinajstić information content (AvgIpc) is 2.78. The van der Waals surface area contributed by atoms with E-state index in [9.17, 15) is 14.0 Å². The van der Waals surface area contributed by atoms with Crippen LogP contribution >= 0.6 is 0 Å². The van der Waals surface area contributed by atoms with Gasteiger partial charge >= 0.3 is 5.97 Å². The van der Waals surface area contributed by atoms with Crippen molar-refractivity contribution in [2.45, 2.75) is 13.5 Å². The highest BCUT2D eigenvalue weighted by Crippen LogP contribution is 2.18. The highest BCUT2D eigenvalue weighted by Gasteiger charge is 2.08. The van der Waals surface area contributed by atoms with E-state index in [0.29, 0.717) is 23.6 Å². The Balaban J connectivity index is 1.58. The van der Waals surface area contributed by atoms with Crippen LogP contribution in [0.2, 0.25) is 0 Å². The van der Waals surface area contributed by atoms with Crippen molar-refractivity contribution < 1.29 is 23.5 Å². The predicted octanol–water partition coefficient (Wildman–Crippen LogP) is 5.23. The maximum atomic E-state index is 13.0. The van der Waals surface area contributed by atoms with Gasteiger partial charge in [0.2, 0.25) is 0 Å². The van der Waals surface area contributed by atoms with Gasteiger partial charge in [0.25, 0.3) is 5.91 Å². The van der Waals surface area contributed by atoms with Crippen LogP contribution in [0.3, 0.4) is 0 Å². The molecular weight excluding hydrogens is 397 g/mol. The van der Waals surface area contributed by atoms with Crippen molar-refractivity contribution in [3.05, 3.63) is 101 Å². The summed E-state index contributed by atoms with van der Waals surface area (Å²) >= 11 is 0. The summed E-state index contributed by atoms with van der Waals surface area (Å²) in [5.74, 6) is -0.439. The number of carbonyl (C=O) groups is 2. The van der Waals surface area contributed by atoms with E-state index in [1.807, 2.05) is 0 Å². The predicted molar refractivity (Wildman–Crippen MR) is 117 cm³/mol. The number of amides is 1. The summed E-state index contributed by atoms with van der Waals surface area (Å²) in [6, 6.07) is 19.9. The van der Waals surface area contributed by atoms with E-state index in [1.165, 1.54) is 18.2 Å². The topological polar surface area (TPSA) is 64.6 Å². The Bertz CT molecular complexity index is 1060. The molecule has 6 heteroatoms. The lowest BCUT2D eigenvalue weighted by Crippen LogP contribution is -2.12. The molecule has 0 aliphatic carbocycles. The largest absolute Gasteiger partial charge is 0.489 e. The van der Waals surface area contributed by atoms with Crippen molar-refractivity contribution in [3.63, 3.8) is 0 Å². The first-order chi connectivity index (χ1) is 15.0. The van der Waals surface area contributed by atoms with E-state index in [1.54, 1.807) is 73.7 Å². The summed E-state index contributed by atoms with van der Waals surface area (Å²) in [4.78, 5) is 23.9. The number of anilines is 1. The number of benzene rings is 3. The zero-order valence-corrected chi connectivity index (χ0v) is 17.0. The third-order valence-electron chi connectivity index (χ3n) is 4.28. The van der Waals surface area contributed by atoms with Crippen molar-refractivity contribution in [1.82, 2.24) is 0 Å². The van der Waals surface area contributed by atoms with Crippen molar-refractivity contribution in [1.29, 1.82) is 0 Å². The Morgan fingerprint density at radius 1 is 1.00 bits per heavy atom. The molecule has 5 nitrogen and oxygen atoms in total. The van der Waals surface area contributed by atoms with Crippen molar-refractivity contribution in [3.8, 4) is 5.75 Å². The number of ether oxygens (including phenoxy) is 2. The molecule has 3 rings (SSSR count). The van der Waals surface area contributed by atoms with E-state index in [0.717, 1.165) is 11.1 Å². The molecule has 0 unspecified atom stereocenters. The fourth-order valence-electron chi connectivity index (χ4n) is 2.71. The highest BCUT2D eigenvalue weighted by atomic mass is 19.1. The number of hydrogen-bond acceptors (Lipinski definition) is 4. The third kappa shape index (κ3) is 6.82. The van der Waals surface area contributed by atoms with Crippen LogP contribution < -0.4 is 10.1 Å². The maximum Gasteiger partial charge on any atom is 0.330 e. The number of halogens is 1. The minimum Gasteiger partial charge on any atom is -0.489 e. The summed E-state index contributed by atoms with van der Waals surface area (Å²) in [6.07, 6.45) is 3.00. The molecule has 31 heavy (non-hydrogen) atoms. The van der Waals surface area contributed by atoms with E-state index in [2.05, 4.69) is 5.32 Å². The standard InChI is InChI=1S/C25H22FNO4/c1-2-30-24(28)15-10-18-8-13-22(14-9-18)27-25(29)20-4-3-5-23(16-20)31-17-19-6-11-21(26)12-7-19/h3-16H,2,17H2,1H3,(H,27,29). The van der Waals surface area contributed by atoms with Crippen LogP contribution in [-0.4, -0.2) is 18.5 Å². The van der Waals surface area contributed by atoms with Crippen molar-refractivity contribution in [2.24, 2.45) is 0 Å². The summed E-state index contributed by atoms with van der Waals surface area (Å²) < 4.78 is 23.5. The molecule has 0 aliphatic rings. The Morgan fingerprint density at radius 2 is 1.74 bits per heavy atom. The zero-order chi connectivity index (χ0) is 22.1. The number of nitrogens with one attached hydrogen (secondary N) is 1. The lowest BCUT2D eigenvalue weighted by molar-refractivity contribution is -0.137. The Kier molecular flexibility index (Phi) is 7.54. The summed E-state index contributed by atoms with van der Waals surface area (Å²) in [5, 5.41) is 2.83. The molecule has 3 aromatic rings. The van der Waals surface area contributed by atoms with E-state index in [-0.39, 0.29) is 18.3 Å². The van der Waals surface area contributed by atoms with Crippen molar-refractivity contribution in [2.75, 3.05) is 11.9 Å². The second-order valence-corrected chi connectivity index (χ2v) is 6.60. The van der Waals surface area contributed by atoms with E-state index >= 15 is 0 Å². The van der Waals surface area contributed by atoms with Crippen LogP contribution in [0.15, 0.2) is 78.9 Å². The van der Waals surface area contributed by atoms with Gasteiger partial charge in [0.05, 0.1) is 6.61 Å². The molecule has 0 aliphatic heterocycles. The normalized spacial score (nSPS) is 10.6. The third-order valence-corrected chi connectivity index (χ3v) is 4.28. The number of carbonyl (C=O) groups excluding carboxylic acids is 2. The molecule has 0 bridgehead atoms. The minimum absolute atomic E-state index is 0.270. The van der Waals surface area contributed by atoms with Gasteiger partial charge in [0.15, 0.2) is 0 Å². The summed E-state index contributed by atoms with van der Waals surface area (Å²) in [6.45, 7) is 2.34. The SMILES string of the molecule is CCOC(=O)C=Cc1ccc(NC(=O)c2cccc(OCc3ccc(F)cc3)c2)cc1. The molecule has 3 aromatic carbocycles. The summed E-state index contributed by atoms with van der Waals surface area (Å²) in [7, 11) is 0. The van der Waals surface area contributed by atoms with Crippen LogP contribution in [0, 0.1) is 5.82 Å². The van der Waals surface area contributed by atoms with Gasteiger partial charge in [-0.3, -0.25) is 4.79 Å². The molecule has 1 N–H and O–H groups in total. The monoisotopic (exact) mass is 419 g/mol.